The Labute approximate surface area is 117 Å². The Morgan fingerprint density at radius 3 is 2.63 bits per heavy atom. The van der Waals surface area contributed by atoms with E-state index in [0.717, 1.165) is 12.8 Å². The molecule has 0 saturated heterocycles. The van der Waals surface area contributed by atoms with Crippen LogP contribution in [0, 0.1) is 5.92 Å². The number of hydrogen-bond acceptors (Lipinski definition) is 3. The molecule has 0 aliphatic heterocycles. The van der Waals surface area contributed by atoms with Crippen LogP contribution in [0.2, 0.25) is 5.02 Å². The molecule has 2 N–H and O–H groups in total. The molecule has 19 heavy (non-hydrogen) atoms. The minimum atomic E-state index is -3.93. The summed E-state index contributed by atoms with van der Waals surface area (Å²) >= 11 is 5.78. The lowest BCUT2D eigenvalue weighted by Gasteiger charge is -2.17. The summed E-state index contributed by atoms with van der Waals surface area (Å²) in [6.07, 6.45) is 2.28. The van der Waals surface area contributed by atoms with Crippen molar-refractivity contribution in [3.63, 3.8) is 0 Å². The second kappa shape index (κ2) is 5.11. The van der Waals surface area contributed by atoms with E-state index in [-0.39, 0.29) is 21.4 Å². The van der Waals surface area contributed by atoms with E-state index >= 15 is 0 Å². The number of carbonyl (C=O) groups excluding carboxylic acids is 1. The fourth-order valence-electron chi connectivity index (χ4n) is 1.85. The van der Waals surface area contributed by atoms with Gasteiger partial charge in [0.15, 0.2) is 0 Å². The van der Waals surface area contributed by atoms with Gasteiger partial charge in [-0.15, -0.1) is 0 Å². The van der Waals surface area contributed by atoms with Crippen molar-refractivity contribution in [3.8, 4) is 0 Å². The van der Waals surface area contributed by atoms with E-state index in [1.165, 1.54) is 18.2 Å². The van der Waals surface area contributed by atoms with E-state index in [1.54, 1.807) is 11.9 Å². The van der Waals surface area contributed by atoms with E-state index in [9.17, 15) is 13.2 Å². The van der Waals surface area contributed by atoms with Gasteiger partial charge in [-0.05, 0) is 37.0 Å². The van der Waals surface area contributed by atoms with Crippen molar-refractivity contribution in [2.24, 2.45) is 11.1 Å². The highest BCUT2D eigenvalue weighted by atomic mass is 35.5. The third-order valence-corrected chi connectivity index (χ3v) is 4.45. The molecule has 0 spiro atoms. The summed E-state index contributed by atoms with van der Waals surface area (Å²) in [5, 5.41) is 5.07. The van der Waals surface area contributed by atoms with Gasteiger partial charge in [0, 0.05) is 19.2 Å². The zero-order chi connectivity index (χ0) is 14.2. The van der Waals surface area contributed by atoms with Gasteiger partial charge in [-0.3, -0.25) is 4.79 Å². The van der Waals surface area contributed by atoms with Crippen molar-refractivity contribution < 1.29 is 13.2 Å². The third-order valence-electron chi connectivity index (χ3n) is 3.06. The maximum absolute atomic E-state index is 12.1. The van der Waals surface area contributed by atoms with Crippen LogP contribution in [0.15, 0.2) is 23.1 Å². The summed E-state index contributed by atoms with van der Waals surface area (Å²) in [5.41, 5.74) is 0.275. The lowest BCUT2D eigenvalue weighted by Crippen LogP contribution is -2.29. The summed E-state index contributed by atoms with van der Waals surface area (Å²) in [6, 6.07) is 4.10. The molecule has 0 radical (unpaired) electrons. The number of sulfonamides is 1. The first-order valence-corrected chi connectivity index (χ1v) is 7.79. The maximum atomic E-state index is 12.1. The number of halogens is 1. The number of nitrogens with two attached hydrogens (primary N) is 1. The van der Waals surface area contributed by atoms with E-state index < -0.39 is 10.0 Å². The van der Waals surface area contributed by atoms with E-state index in [2.05, 4.69) is 0 Å². The van der Waals surface area contributed by atoms with Gasteiger partial charge in [-0.1, -0.05) is 11.6 Å². The van der Waals surface area contributed by atoms with E-state index in [4.69, 9.17) is 16.7 Å². The third kappa shape index (κ3) is 3.46. The Kier molecular flexibility index (Phi) is 3.85. The quantitative estimate of drug-likeness (QED) is 0.914. The molecule has 7 heteroatoms. The normalized spacial score (nSPS) is 15.3. The molecule has 0 aromatic heterocycles. The first kappa shape index (κ1) is 14.3. The minimum Gasteiger partial charge on any atom is -0.341 e. The van der Waals surface area contributed by atoms with Crippen molar-refractivity contribution in [3.05, 3.63) is 28.8 Å². The van der Waals surface area contributed by atoms with E-state index in [1.807, 2.05) is 0 Å². The number of carbonyl (C=O) groups is 1. The van der Waals surface area contributed by atoms with Gasteiger partial charge < -0.3 is 4.90 Å². The number of amides is 1. The van der Waals surface area contributed by atoms with Crippen LogP contribution in [-0.4, -0.2) is 32.8 Å². The average Bonchev–Trinajstić information content (AvgIpc) is 3.11. The summed E-state index contributed by atoms with van der Waals surface area (Å²) in [6.45, 7) is 0.687. The van der Waals surface area contributed by atoms with Crippen LogP contribution in [0.5, 0.6) is 0 Å². The van der Waals surface area contributed by atoms with Crippen LogP contribution in [0.4, 0.5) is 0 Å². The highest BCUT2D eigenvalue weighted by molar-refractivity contribution is 7.89. The van der Waals surface area contributed by atoms with Gasteiger partial charge in [0.25, 0.3) is 5.91 Å². The fourth-order valence-corrected chi connectivity index (χ4v) is 2.92. The molecule has 1 amide bonds. The first-order chi connectivity index (χ1) is 8.79. The highest BCUT2D eigenvalue weighted by Gasteiger charge is 2.26. The number of benzene rings is 1. The first-order valence-electron chi connectivity index (χ1n) is 5.87. The number of nitrogens with zero attached hydrogens (tertiary/aromatic N) is 1. The highest BCUT2D eigenvalue weighted by Crippen LogP contribution is 2.30. The van der Waals surface area contributed by atoms with Gasteiger partial charge in [-0.2, -0.15) is 0 Å². The zero-order valence-corrected chi connectivity index (χ0v) is 12.0. The van der Waals surface area contributed by atoms with Gasteiger partial charge in [-0.25, -0.2) is 13.6 Å². The summed E-state index contributed by atoms with van der Waals surface area (Å²) in [4.78, 5) is 13.5. The summed E-state index contributed by atoms with van der Waals surface area (Å²) in [7, 11) is -2.23. The van der Waals surface area contributed by atoms with Crippen molar-refractivity contribution in [2.45, 2.75) is 17.7 Å². The van der Waals surface area contributed by atoms with E-state index in [0.29, 0.717) is 12.5 Å². The summed E-state index contributed by atoms with van der Waals surface area (Å²) < 4.78 is 22.7. The molecular formula is C12H15ClN2O3S. The Morgan fingerprint density at radius 1 is 1.47 bits per heavy atom. The largest absolute Gasteiger partial charge is 0.341 e. The summed E-state index contributed by atoms with van der Waals surface area (Å²) in [5.74, 6) is 0.340. The molecule has 0 unspecified atom stereocenters. The fraction of sp³-hybridized carbons (Fsp3) is 0.417. The Morgan fingerprint density at radius 2 is 2.11 bits per heavy atom. The standard InChI is InChI=1S/C12H15ClN2O3S/c1-15(7-8-2-3-8)12(16)9-4-5-10(13)11(6-9)19(14,17)18/h4-6,8H,2-3,7H2,1H3,(H2,14,17,18). The maximum Gasteiger partial charge on any atom is 0.253 e. The van der Waals surface area contributed by atoms with Crippen LogP contribution in [0.3, 0.4) is 0 Å². The van der Waals surface area contributed by atoms with Crippen LogP contribution in [-0.2, 0) is 10.0 Å². The monoisotopic (exact) mass is 302 g/mol. The Bertz CT molecular complexity index is 611. The molecule has 2 rings (SSSR count). The molecule has 1 aliphatic carbocycles. The molecule has 5 nitrogen and oxygen atoms in total. The van der Waals surface area contributed by atoms with Crippen molar-refractivity contribution >= 4 is 27.5 Å². The van der Waals surface area contributed by atoms with Crippen LogP contribution < -0.4 is 5.14 Å². The smallest absolute Gasteiger partial charge is 0.253 e. The van der Waals surface area contributed by atoms with Gasteiger partial charge in [0.1, 0.15) is 4.90 Å². The number of rotatable bonds is 4. The lowest BCUT2D eigenvalue weighted by molar-refractivity contribution is 0.0788. The van der Waals surface area contributed by atoms with Crippen LogP contribution >= 0.6 is 11.6 Å². The molecule has 0 bridgehead atoms. The van der Waals surface area contributed by atoms with Crippen LogP contribution in [0.25, 0.3) is 0 Å². The van der Waals surface area contributed by atoms with Crippen molar-refractivity contribution in [2.75, 3.05) is 13.6 Å². The predicted octanol–water partition coefficient (Wildman–Crippen LogP) is 1.47. The molecular weight excluding hydrogens is 288 g/mol. The SMILES string of the molecule is CN(CC1CC1)C(=O)c1ccc(Cl)c(S(N)(=O)=O)c1. The molecule has 104 valence electrons. The second-order valence-electron chi connectivity index (χ2n) is 4.82. The van der Waals surface area contributed by atoms with Crippen molar-refractivity contribution in [1.82, 2.24) is 4.90 Å². The molecule has 0 heterocycles. The van der Waals surface area contributed by atoms with Crippen LogP contribution in [0.1, 0.15) is 23.2 Å². The number of hydrogen-bond donors (Lipinski definition) is 1. The Balaban J connectivity index is 2.27. The molecule has 1 aliphatic rings. The predicted molar refractivity (Wildman–Crippen MR) is 72.5 cm³/mol. The topological polar surface area (TPSA) is 80.5 Å². The van der Waals surface area contributed by atoms with Gasteiger partial charge in [0.05, 0.1) is 5.02 Å². The van der Waals surface area contributed by atoms with Crippen molar-refractivity contribution in [1.29, 1.82) is 0 Å². The molecule has 1 saturated carbocycles. The van der Waals surface area contributed by atoms with Gasteiger partial charge in [0.2, 0.25) is 10.0 Å². The zero-order valence-electron chi connectivity index (χ0n) is 10.5. The minimum absolute atomic E-state index is 0.0175. The molecule has 1 aromatic carbocycles. The molecule has 1 aromatic rings. The lowest BCUT2D eigenvalue weighted by atomic mass is 10.2. The average molecular weight is 303 g/mol. The van der Waals surface area contributed by atoms with Gasteiger partial charge >= 0.3 is 0 Å². The molecule has 0 atom stereocenters. The number of primary sulfonamides is 1. The second-order valence-corrected chi connectivity index (χ2v) is 6.76. The Hall–Kier alpha value is -1.11. The molecule has 1 fully saturated rings.